The number of hydrogen-bond acceptors (Lipinski definition) is 10. The van der Waals surface area contributed by atoms with Crippen LogP contribution in [0.4, 0.5) is 5.95 Å². The maximum absolute atomic E-state index is 13.2. The van der Waals surface area contributed by atoms with Gasteiger partial charge >= 0.3 is 11.7 Å². The topological polar surface area (TPSA) is 270 Å². The average Bonchev–Trinajstić information content (AvgIpc) is 3.99. The van der Waals surface area contributed by atoms with Crippen molar-refractivity contribution in [2.45, 2.75) is 77.3 Å². The zero-order valence-corrected chi connectivity index (χ0v) is 35.4. The highest BCUT2D eigenvalue weighted by Gasteiger charge is 2.27. The monoisotopic (exact) mass is 870 g/mol. The van der Waals surface area contributed by atoms with E-state index in [1.165, 1.54) is 10.6 Å². The fraction of sp³-hybridized carbons (Fsp3) is 0.326. The first-order chi connectivity index (χ1) is 30.7. The van der Waals surface area contributed by atoms with Crippen molar-refractivity contribution in [2.24, 2.45) is 5.92 Å². The highest BCUT2D eigenvalue weighted by molar-refractivity contribution is 5.96. The lowest BCUT2D eigenvalue weighted by Gasteiger charge is -2.32. The van der Waals surface area contributed by atoms with Gasteiger partial charge in [-0.3, -0.25) is 19.4 Å². The number of benzene rings is 3. The quantitative estimate of drug-likeness (QED) is 0.0684. The number of nitrogens with one attached hydrogen (secondary N) is 4. The van der Waals surface area contributed by atoms with E-state index in [4.69, 9.17) is 5.73 Å². The maximum atomic E-state index is 13.2. The number of aliphatic carboxylic acids is 1. The Labute approximate surface area is 365 Å². The summed E-state index contributed by atoms with van der Waals surface area (Å²) in [6, 6.07) is 16.1. The van der Waals surface area contributed by atoms with Crippen LogP contribution in [0.1, 0.15) is 78.9 Å². The van der Waals surface area contributed by atoms with E-state index in [9.17, 15) is 39.3 Å². The minimum absolute atomic E-state index is 0.0154. The predicted octanol–water partition coefficient (Wildman–Crippen LogP) is 4.94. The molecule has 0 radical (unpaired) electrons. The van der Waals surface area contributed by atoms with Crippen molar-refractivity contribution in [1.29, 1.82) is 0 Å². The number of rotatable bonds is 15. The number of phenols is 2. The third-order valence-corrected chi connectivity index (χ3v) is 12.2. The molecule has 5 heterocycles. The first-order valence-electron chi connectivity index (χ1n) is 21.3. The molecule has 7 aromatic rings. The van der Waals surface area contributed by atoms with Gasteiger partial charge in [-0.1, -0.05) is 26.0 Å². The van der Waals surface area contributed by atoms with Crippen LogP contribution in [-0.4, -0.2) is 91.4 Å². The number of aryl methyl sites for hydroxylation is 3. The second-order valence-corrected chi connectivity index (χ2v) is 16.7. The second kappa shape index (κ2) is 18.0. The number of H-pyrrole nitrogens is 3. The number of nitrogens with zero attached hydrogens (tertiary/aromatic N) is 5. The van der Waals surface area contributed by atoms with E-state index >= 15 is 0 Å². The lowest BCUT2D eigenvalue weighted by molar-refractivity contribution is -0.139. The number of anilines is 1. The van der Waals surface area contributed by atoms with Gasteiger partial charge in [-0.05, 0) is 110 Å². The van der Waals surface area contributed by atoms with Crippen molar-refractivity contribution in [1.82, 2.24) is 44.5 Å². The molecule has 8 rings (SSSR count). The SMILES string of the molecule is CC(C)c1cc(-c2n[nH]c(=O)n2-c2ccc3c(ccn3CCC3CCN(C(=O)CC[C@H](NC(=O)c4ccc(CCc5c[nH]c6nc(N)[nH]c(=O)c56)cc4)C(=O)O)CC3)c2)c(O)cc1O. The molecule has 1 fully saturated rings. The number of likely N-dealkylation sites (tertiary alicyclic amines) is 1. The van der Waals surface area contributed by atoms with Gasteiger partial charge in [0.25, 0.3) is 11.5 Å². The number of aromatic nitrogens is 7. The van der Waals surface area contributed by atoms with Gasteiger partial charge in [0.2, 0.25) is 11.9 Å². The Morgan fingerprint density at radius 2 is 1.73 bits per heavy atom. The van der Waals surface area contributed by atoms with Crippen LogP contribution in [0.15, 0.2) is 82.6 Å². The van der Waals surface area contributed by atoms with Gasteiger partial charge in [-0.25, -0.2) is 19.3 Å². The summed E-state index contributed by atoms with van der Waals surface area (Å²) < 4.78 is 3.56. The Hall–Kier alpha value is -7.63. The van der Waals surface area contributed by atoms with Gasteiger partial charge in [0.05, 0.1) is 16.6 Å². The highest BCUT2D eigenvalue weighted by atomic mass is 16.4. The number of carboxylic acid groups (broad SMARTS) is 1. The number of phenolic OH excluding ortho intramolecular Hbond substituents is 2. The molecule has 1 aliphatic heterocycles. The van der Waals surface area contributed by atoms with E-state index in [0.29, 0.717) is 59.7 Å². The highest BCUT2D eigenvalue weighted by Crippen LogP contribution is 2.37. The lowest BCUT2D eigenvalue weighted by Crippen LogP contribution is -2.43. The molecule has 9 N–H and O–H groups in total. The standard InChI is InChI=1S/C46H50N10O8/c1-25(2)32-22-33(37(58)23-36(32)57)41-52-53-46(64)56(41)31-9-11-35-29(21-31)16-20-54(35)17-13-27-14-18-55(19-15-27)38(59)12-10-34(44(62)63)49-42(60)28-6-3-26(4-7-28)5-8-30-24-48-40-39(30)43(61)51-45(47)50-40/h3-4,6-7,9,11,16,20-25,27,34,57-58H,5,8,10,12-15,17-19H2,1-2H3,(H,49,60)(H,53,64)(H,62,63)(H4,47,48,50,51,61)/t34-/m0/s1. The average molecular weight is 871 g/mol. The molecule has 0 unspecified atom stereocenters. The van der Waals surface area contributed by atoms with Gasteiger partial charge in [0.15, 0.2) is 5.82 Å². The molecule has 64 heavy (non-hydrogen) atoms. The number of carbonyl (C=O) groups is 3. The fourth-order valence-electron chi connectivity index (χ4n) is 8.61. The molecule has 1 saturated heterocycles. The number of nitrogen functional groups attached to an aromatic ring is 1. The number of nitrogens with two attached hydrogens (primary N) is 1. The van der Waals surface area contributed by atoms with E-state index in [1.54, 1.807) is 41.4 Å². The van der Waals surface area contributed by atoms with Gasteiger partial charge in [0, 0.05) is 61.0 Å². The molecule has 0 spiro atoms. The fourth-order valence-corrected chi connectivity index (χ4v) is 8.61. The minimum Gasteiger partial charge on any atom is -0.508 e. The van der Waals surface area contributed by atoms with Crippen molar-refractivity contribution in [3.05, 3.63) is 116 Å². The number of aromatic hydroxyl groups is 2. The van der Waals surface area contributed by atoms with Crippen LogP contribution in [-0.2, 0) is 29.0 Å². The van der Waals surface area contributed by atoms with Crippen LogP contribution in [0.2, 0.25) is 0 Å². The van der Waals surface area contributed by atoms with Crippen LogP contribution in [0.5, 0.6) is 11.5 Å². The molecule has 0 bridgehead atoms. The third-order valence-electron chi connectivity index (χ3n) is 12.2. The van der Waals surface area contributed by atoms with Crippen LogP contribution in [0.25, 0.3) is 39.0 Å². The summed E-state index contributed by atoms with van der Waals surface area (Å²) in [4.78, 5) is 75.1. The number of carboxylic acids is 1. The Morgan fingerprint density at radius 3 is 2.47 bits per heavy atom. The Bertz CT molecular complexity index is 2990. The van der Waals surface area contributed by atoms with Crippen LogP contribution in [0.3, 0.4) is 0 Å². The smallest absolute Gasteiger partial charge is 0.348 e. The van der Waals surface area contributed by atoms with Gasteiger partial charge in [-0.2, -0.15) is 10.1 Å². The lowest BCUT2D eigenvalue weighted by atomic mass is 9.93. The molecule has 4 aromatic heterocycles. The van der Waals surface area contributed by atoms with Crippen molar-refractivity contribution in [3.63, 3.8) is 0 Å². The molecule has 0 saturated carbocycles. The van der Waals surface area contributed by atoms with Crippen molar-refractivity contribution < 1.29 is 29.7 Å². The Morgan fingerprint density at radius 1 is 0.969 bits per heavy atom. The first kappa shape index (κ1) is 43.0. The summed E-state index contributed by atoms with van der Waals surface area (Å²) in [5.41, 5.74) is 9.75. The van der Waals surface area contributed by atoms with Gasteiger partial charge < -0.3 is 40.8 Å². The molecule has 1 atom stereocenters. The van der Waals surface area contributed by atoms with Gasteiger partial charge in [-0.15, -0.1) is 0 Å². The predicted molar refractivity (Wildman–Crippen MR) is 240 cm³/mol. The van der Waals surface area contributed by atoms with Crippen LogP contribution < -0.4 is 22.3 Å². The summed E-state index contributed by atoms with van der Waals surface area (Å²) in [6.45, 7) is 5.73. The largest absolute Gasteiger partial charge is 0.508 e. The molecule has 332 valence electrons. The number of carbonyl (C=O) groups excluding carboxylic acids is 2. The summed E-state index contributed by atoms with van der Waals surface area (Å²) in [7, 11) is 0. The van der Waals surface area contributed by atoms with Gasteiger partial charge in [0.1, 0.15) is 23.2 Å². The van der Waals surface area contributed by atoms with E-state index < -0.39 is 23.6 Å². The molecule has 3 aromatic carbocycles. The first-order valence-corrected chi connectivity index (χ1v) is 21.3. The number of hydrogen-bond donors (Lipinski definition) is 8. The normalized spacial score (nSPS) is 13.8. The van der Waals surface area contributed by atoms with E-state index in [0.717, 1.165) is 47.8 Å². The molecular formula is C46H50N10O8. The third kappa shape index (κ3) is 8.97. The molecule has 18 heteroatoms. The number of aromatic amines is 3. The molecular weight excluding hydrogens is 821 g/mol. The molecule has 2 amide bonds. The summed E-state index contributed by atoms with van der Waals surface area (Å²) in [5, 5.41) is 41.6. The van der Waals surface area contributed by atoms with E-state index in [2.05, 4.69) is 35.0 Å². The summed E-state index contributed by atoms with van der Waals surface area (Å²) in [5.74, 6) is -1.53. The van der Waals surface area contributed by atoms with Crippen molar-refractivity contribution in [3.8, 4) is 28.6 Å². The van der Waals surface area contributed by atoms with Crippen LogP contribution in [0, 0.1) is 5.92 Å². The molecule has 0 aliphatic carbocycles. The summed E-state index contributed by atoms with van der Waals surface area (Å²) in [6.07, 6.45) is 7.31. The van der Waals surface area contributed by atoms with E-state index in [-0.39, 0.29) is 59.1 Å². The second-order valence-electron chi connectivity index (χ2n) is 16.7. The Kier molecular flexibility index (Phi) is 12.1. The minimum atomic E-state index is -1.24. The van der Waals surface area contributed by atoms with Crippen molar-refractivity contribution >= 4 is 45.7 Å². The number of fused-ring (bicyclic) bond motifs is 2. The van der Waals surface area contributed by atoms with E-state index in [1.807, 2.05) is 44.3 Å². The zero-order chi connectivity index (χ0) is 45.2. The number of amides is 2. The molecule has 18 nitrogen and oxygen atoms in total. The van der Waals surface area contributed by atoms with Crippen molar-refractivity contribution in [2.75, 3.05) is 18.8 Å². The summed E-state index contributed by atoms with van der Waals surface area (Å²) >= 11 is 0. The zero-order valence-electron chi connectivity index (χ0n) is 35.4. The molecule has 1 aliphatic rings. The van der Waals surface area contributed by atoms with Crippen LogP contribution >= 0.6 is 0 Å². The maximum Gasteiger partial charge on any atom is 0.348 e. The number of piperidine rings is 1. The Balaban J connectivity index is 0.805.